The first-order valence-electron chi connectivity index (χ1n) is 8.72. The molecule has 0 bridgehead atoms. The van der Waals surface area contributed by atoms with E-state index in [1.165, 1.54) is 7.11 Å². The summed E-state index contributed by atoms with van der Waals surface area (Å²) in [5, 5.41) is 4.47. The summed E-state index contributed by atoms with van der Waals surface area (Å²) in [7, 11) is 0.947. The van der Waals surface area contributed by atoms with Crippen LogP contribution in [0.5, 0.6) is 0 Å². The second kappa shape index (κ2) is 6.56. The lowest BCUT2D eigenvalue weighted by molar-refractivity contribution is 0.00578. The minimum Gasteiger partial charge on any atom is -0.465 e. The summed E-state index contributed by atoms with van der Waals surface area (Å²) in [6, 6.07) is 7.35. The lowest BCUT2D eigenvalue weighted by Crippen LogP contribution is -2.41. The summed E-state index contributed by atoms with van der Waals surface area (Å²) < 4.78 is 18.8. The van der Waals surface area contributed by atoms with Crippen LogP contribution in [-0.4, -0.2) is 41.2 Å². The Morgan fingerprint density at radius 1 is 1.15 bits per heavy atom. The van der Waals surface area contributed by atoms with E-state index in [-0.39, 0.29) is 23.2 Å². The molecule has 2 aromatic rings. The third-order valence-electron chi connectivity index (χ3n) is 5.36. The van der Waals surface area contributed by atoms with Gasteiger partial charge in [0, 0.05) is 17.9 Å². The molecule has 0 saturated carbocycles. The molecule has 0 N–H and O–H groups in total. The maximum Gasteiger partial charge on any atom is 0.498 e. The quantitative estimate of drug-likeness (QED) is 0.622. The second-order valence-electron chi connectivity index (χ2n) is 7.63. The normalized spacial score (nSPS) is 19.4. The number of nitrogens with zero attached hydrogens (tertiary/aromatic N) is 2. The Balaban J connectivity index is 1.76. The van der Waals surface area contributed by atoms with Crippen LogP contribution >= 0.6 is 0 Å². The van der Waals surface area contributed by atoms with Crippen molar-refractivity contribution in [2.75, 3.05) is 7.11 Å². The van der Waals surface area contributed by atoms with Crippen molar-refractivity contribution in [2.45, 2.75) is 51.9 Å². The van der Waals surface area contributed by atoms with Crippen molar-refractivity contribution < 1.29 is 18.8 Å². The van der Waals surface area contributed by atoms with E-state index in [1.807, 2.05) is 57.6 Å². The van der Waals surface area contributed by atoms with Crippen LogP contribution < -0.4 is 5.46 Å². The molecule has 0 spiro atoms. The van der Waals surface area contributed by atoms with Gasteiger partial charge in [-0.2, -0.15) is 5.10 Å². The van der Waals surface area contributed by atoms with Crippen LogP contribution in [0.3, 0.4) is 0 Å². The molecule has 0 aliphatic carbocycles. The Labute approximate surface area is 154 Å². The van der Waals surface area contributed by atoms with Crippen LogP contribution in [0.15, 0.2) is 36.7 Å². The first-order valence-corrected chi connectivity index (χ1v) is 8.72. The molecule has 138 valence electrons. The fourth-order valence-corrected chi connectivity index (χ4v) is 2.83. The summed E-state index contributed by atoms with van der Waals surface area (Å²) >= 11 is 0. The lowest BCUT2D eigenvalue weighted by Gasteiger charge is -2.32. The Bertz CT molecular complexity index is 782. The summed E-state index contributed by atoms with van der Waals surface area (Å²) in [6.07, 6.45) is 3.72. The van der Waals surface area contributed by atoms with Gasteiger partial charge in [-0.3, -0.25) is 4.68 Å². The van der Waals surface area contributed by atoms with Crippen molar-refractivity contribution in [3.63, 3.8) is 0 Å². The van der Waals surface area contributed by atoms with E-state index in [0.717, 1.165) is 11.0 Å². The Kier molecular flexibility index (Phi) is 4.71. The number of aromatic nitrogens is 2. The third-order valence-corrected chi connectivity index (χ3v) is 5.36. The molecule has 1 unspecified atom stereocenters. The summed E-state index contributed by atoms with van der Waals surface area (Å²) in [4.78, 5) is 11.6. The molecule has 1 saturated heterocycles. The highest BCUT2D eigenvalue weighted by molar-refractivity contribution is 6.62. The third kappa shape index (κ3) is 3.29. The maximum absolute atomic E-state index is 11.6. The zero-order valence-corrected chi connectivity index (χ0v) is 16.1. The molecule has 1 fully saturated rings. The maximum atomic E-state index is 11.6. The number of hydrogen-bond donors (Lipinski definition) is 0. The Morgan fingerprint density at radius 2 is 1.73 bits per heavy atom. The molecule has 1 atom stereocenters. The molecular weight excluding hydrogens is 331 g/mol. The number of carbonyl (C=O) groups excluding carboxylic acids is 1. The van der Waals surface area contributed by atoms with Crippen LogP contribution in [-0.2, 0) is 14.0 Å². The highest BCUT2D eigenvalue weighted by Crippen LogP contribution is 2.36. The number of benzene rings is 1. The highest BCUT2D eigenvalue weighted by Gasteiger charge is 2.52. The summed E-state index contributed by atoms with van der Waals surface area (Å²) in [6.45, 7) is 10.2. The molecule has 0 amide bonds. The first kappa shape index (κ1) is 18.7. The van der Waals surface area contributed by atoms with Crippen molar-refractivity contribution in [2.24, 2.45) is 0 Å². The van der Waals surface area contributed by atoms with E-state index in [0.29, 0.717) is 5.56 Å². The van der Waals surface area contributed by atoms with Crippen LogP contribution in [0.2, 0.25) is 0 Å². The SMILES string of the molecule is COC(=O)c1ccc(C(C)n2cc(B3OC(C)(C)C(C)(C)O3)cn2)cc1. The molecule has 7 heteroatoms. The van der Waals surface area contributed by atoms with Gasteiger partial charge in [-0.1, -0.05) is 12.1 Å². The van der Waals surface area contributed by atoms with Crippen LogP contribution in [0, 0.1) is 0 Å². The van der Waals surface area contributed by atoms with Gasteiger partial charge in [0.1, 0.15) is 0 Å². The largest absolute Gasteiger partial charge is 0.498 e. The van der Waals surface area contributed by atoms with Crippen molar-refractivity contribution in [1.29, 1.82) is 0 Å². The molecule has 1 aliphatic rings. The van der Waals surface area contributed by atoms with Crippen LogP contribution in [0.1, 0.15) is 56.6 Å². The molecule has 26 heavy (non-hydrogen) atoms. The van der Waals surface area contributed by atoms with Crippen molar-refractivity contribution in [3.8, 4) is 0 Å². The Morgan fingerprint density at radius 3 is 2.27 bits per heavy atom. The summed E-state index contributed by atoms with van der Waals surface area (Å²) in [5.74, 6) is -0.341. The minimum atomic E-state index is -0.428. The van der Waals surface area contributed by atoms with E-state index in [9.17, 15) is 4.79 Å². The highest BCUT2D eigenvalue weighted by atomic mass is 16.7. The zero-order valence-electron chi connectivity index (χ0n) is 16.1. The monoisotopic (exact) mass is 356 g/mol. The minimum absolute atomic E-state index is 0.0119. The average molecular weight is 356 g/mol. The fraction of sp³-hybridized carbons (Fsp3) is 0.474. The van der Waals surface area contributed by atoms with Gasteiger partial charge in [-0.05, 0) is 52.3 Å². The van der Waals surface area contributed by atoms with Crippen LogP contribution in [0.25, 0.3) is 0 Å². The predicted molar refractivity (Wildman–Crippen MR) is 99.5 cm³/mol. The number of methoxy groups -OCH3 is 1. The molecule has 1 aromatic heterocycles. The van der Waals surface area contributed by atoms with Gasteiger partial charge >= 0.3 is 13.1 Å². The lowest BCUT2D eigenvalue weighted by atomic mass is 9.82. The van der Waals surface area contributed by atoms with Crippen molar-refractivity contribution in [1.82, 2.24) is 9.78 Å². The van der Waals surface area contributed by atoms with Gasteiger partial charge in [0.2, 0.25) is 0 Å². The molecule has 1 aliphatic heterocycles. The standard InChI is InChI=1S/C19H25BN2O4/c1-13(14-7-9-15(10-8-14)17(23)24-6)22-12-16(11-21-22)20-25-18(2,3)19(4,5)26-20/h7-13H,1-6H3. The molecule has 2 heterocycles. The number of esters is 1. The van der Waals surface area contributed by atoms with E-state index >= 15 is 0 Å². The Hall–Kier alpha value is -2.12. The van der Waals surface area contributed by atoms with Gasteiger partial charge in [0.25, 0.3) is 0 Å². The topological polar surface area (TPSA) is 62.6 Å². The van der Waals surface area contributed by atoms with E-state index in [1.54, 1.807) is 18.3 Å². The zero-order chi connectivity index (χ0) is 19.1. The average Bonchev–Trinajstić information content (AvgIpc) is 3.16. The fourth-order valence-electron chi connectivity index (χ4n) is 2.83. The van der Waals surface area contributed by atoms with Crippen LogP contribution in [0.4, 0.5) is 0 Å². The molecule has 1 aromatic carbocycles. The first-order chi connectivity index (χ1) is 12.1. The van der Waals surface area contributed by atoms with Gasteiger partial charge in [0.15, 0.2) is 0 Å². The predicted octanol–water partition coefficient (Wildman–Crippen LogP) is 2.58. The number of rotatable bonds is 4. The van der Waals surface area contributed by atoms with E-state index in [2.05, 4.69) is 5.10 Å². The summed E-state index contributed by atoms with van der Waals surface area (Å²) in [5.41, 5.74) is 1.70. The van der Waals surface area contributed by atoms with Crippen molar-refractivity contribution >= 4 is 18.6 Å². The molecular formula is C19H25BN2O4. The van der Waals surface area contributed by atoms with Crippen molar-refractivity contribution in [3.05, 3.63) is 47.8 Å². The molecule has 6 nitrogen and oxygen atoms in total. The second-order valence-corrected chi connectivity index (χ2v) is 7.63. The van der Waals surface area contributed by atoms with Gasteiger partial charge in [-0.15, -0.1) is 0 Å². The number of hydrogen-bond acceptors (Lipinski definition) is 5. The molecule has 0 radical (unpaired) electrons. The van der Waals surface area contributed by atoms with Gasteiger partial charge < -0.3 is 14.0 Å². The smallest absolute Gasteiger partial charge is 0.465 e. The molecule has 3 rings (SSSR count). The van der Waals surface area contributed by atoms with E-state index < -0.39 is 7.12 Å². The van der Waals surface area contributed by atoms with E-state index in [4.69, 9.17) is 14.0 Å². The number of carbonyl (C=O) groups is 1. The van der Waals surface area contributed by atoms with Gasteiger partial charge in [0.05, 0.1) is 29.9 Å². The number of ether oxygens (including phenoxy) is 1. The van der Waals surface area contributed by atoms with Gasteiger partial charge in [-0.25, -0.2) is 4.79 Å².